The lowest BCUT2D eigenvalue weighted by atomic mass is 10.2. The van der Waals surface area contributed by atoms with Gasteiger partial charge in [0.05, 0.1) is 24.2 Å². The second-order valence-electron chi connectivity index (χ2n) is 5.72. The van der Waals surface area contributed by atoms with Crippen LogP contribution in [0.15, 0.2) is 41.3 Å². The molecule has 0 atom stereocenters. The maximum Gasteiger partial charge on any atom is 0.292 e. The van der Waals surface area contributed by atoms with Gasteiger partial charge in [-0.3, -0.25) is 9.69 Å². The van der Waals surface area contributed by atoms with E-state index in [1.54, 1.807) is 13.3 Å². The Kier molecular flexibility index (Phi) is 5.50. The molecular formula is C17H21ClN4O2. The molecule has 0 saturated carbocycles. The number of aromatic nitrogens is 2. The average Bonchev–Trinajstić information content (AvgIpc) is 2.63. The minimum absolute atomic E-state index is 0.221. The lowest BCUT2D eigenvalue weighted by molar-refractivity contribution is 0.144. The number of benzene rings is 1. The molecule has 1 aliphatic rings. The molecule has 6 nitrogen and oxygen atoms in total. The van der Waals surface area contributed by atoms with Gasteiger partial charge in [-0.2, -0.15) is 9.78 Å². The monoisotopic (exact) mass is 348 g/mol. The highest BCUT2D eigenvalue weighted by Crippen LogP contribution is 2.22. The summed E-state index contributed by atoms with van der Waals surface area (Å²) >= 11 is 6.35. The third-order valence-corrected chi connectivity index (χ3v) is 4.58. The Hall–Kier alpha value is -1.89. The van der Waals surface area contributed by atoms with Crippen LogP contribution in [0, 0.1) is 0 Å². The summed E-state index contributed by atoms with van der Waals surface area (Å²) in [4.78, 5) is 17.0. The molecule has 2 heterocycles. The van der Waals surface area contributed by atoms with E-state index in [1.807, 2.05) is 30.3 Å². The molecule has 1 aromatic heterocycles. The number of para-hydroxylation sites is 1. The summed E-state index contributed by atoms with van der Waals surface area (Å²) in [7, 11) is 1.71. The second kappa shape index (κ2) is 7.79. The summed E-state index contributed by atoms with van der Waals surface area (Å²) in [6.07, 6.45) is 1.68. The van der Waals surface area contributed by atoms with Crippen molar-refractivity contribution in [3.8, 4) is 5.69 Å². The van der Waals surface area contributed by atoms with Crippen LogP contribution in [0.25, 0.3) is 5.69 Å². The predicted molar refractivity (Wildman–Crippen MR) is 95.4 cm³/mol. The molecule has 0 N–H and O–H groups in total. The SMILES string of the molecule is COCCN1CCN(c2cnn(-c3ccccc3)c(=O)c2Cl)CC1. The zero-order valence-corrected chi connectivity index (χ0v) is 14.4. The van der Waals surface area contributed by atoms with Crippen LogP contribution < -0.4 is 10.5 Å². The molecule has 0 radical (unpaired) electrons. The van der Waals surface area contributed by atoms with Crippen LogP contribution in [0.5, 0.6) is 0 Å². The van der Waals surface area contributed by atoms with Gasteiger partial charge in [0.25, 0.3) is 5.56 Å². The summed E-state index contributed by atoms with van der Waals surface area (Å²) in [6.45, 7) is 5.13. The Morgan fingerprint density at radius 3 is 2.54 bits per heavy atom. The van der Waals surface area contributed by atoms with E-state index in [0.717, 1.165) is 39.3 Å². The highest BCUT2D eigenvalue weighted by atomic mass is 35.5. The molecule has 1 fully saturated rings. The normalized spacial score (nSPS) is 15.7. The summed E-state index contributed by atoms with van der Waals surface area (Å²) in [5.74, 6) is 0. The third-order valence-electron chi connectivity index (χ3n) is 4.23. The summed E-state index contributed by atoms with van der Waals surface area (Å²) < 4.78 is 6.45. The van der Waals surface area contributed by atoms with E-state index in [-0.39, 0.29) is 10.6 Å². The van der Waals surface area contributed by atoms with Crippen LogP contribution in [0.3, 0.4) is 0 Å². The quantitative estimate of drug-likeness (QED) is 0.822. The molecule has 0 amide bonds. The number of methoxy groups -OCH3 is 1. The van der Waals surface area contributed by atoms with Crippen molar-refractivity contribution in [2.45, 2.75) is 0 Å². The first-order chi connectivity index (χ1) is 11.7. The van der Waals surface area contributed by atoms with Gasteiger partial charge in [-0.1, -0.05) is 29.8 Å². The lowest BCUT2D eigenvalue weighted by Crippen LogP contribution is -2.47. The van der Waals surface area contributed by atoms with Gasteiger partial charge in [-0.15, -0.1) is 0 Å². The number of ether oxygens (including phenoxy) is 1. The Bertz CT molecular complexity index is 727. The van der Waals surface area contributed by atoms with Gasteiger partial charge in [0.1, 0.15) is 5.02 Å². The first kappa shape index (κ1) is 17.0. The van der Waals surface area contributed by atoms with Gasteiger partial charge in [-0.05, 0) is 12.1 Å². The number of rotatable bonds is 5. The van der Waals surface area contributed by atoms with Gasteiger partial charge in [0.15, 0.2) is 0 Å². The van der Waals surface area contributed by atoms with Gasteiger partial charge >= 0.3 is 0 Å². The van der Waals surface area contributed by atoms with Gasteiger partial charge in [-0.25, -0.2) is 0 Å². The maximum absolute atomic E-state index is 12.6. The summed E-state index contributed by atoms with van der Waals surface area (Å²) in [5.41, 5.74) is 1.13. The Morgan fingerprint density at radius 2 is 1.88 bits per heavy atom. The molecule has 0 unspecified atom stereocenters. The van der Waals surface area contributed by atoms with Crippen molar-refractivity contribution in [2.75, 3.05) is 51.3 Å². The number of nitrogens with zero attached hydrogens (tertiary/aromatic N) is 4. The molecule has 0 bridgehead atoms. The highest BCUT2D eigenvalue weighted by molar-refractivity contribution is 6.33. The molecular weight excluding hydrogens is 328 g/mol. The molecule has 1 aliphatic heterocycles. The van der Waals surface area contributed by atoms with E-state index in [4.69, 9.17) is 16.3 Å². The summed E-state index contributed by atoms with van der Waals surface area (Å²) in [5, 5.41) is 4.52. The van der Waals surface area contributed by atoms with E-state index < -0.39 is 0 Å². The Balaban J connectivity index is 1.76. The van der Waals surface area contributed by atoms with Crippen molar-refractivity contribution < 1.29 is 4.74 Å². The number of anilines is 1. The van der Waals surface area contributed by atoms with Crippen LogP contribution in [0.2, 0.25) is 5.02 Å². The van der Waals surface area contributed by atoms with E-state index in [1.165, 1.54) is 4.68 Å². The largest absolute Gasteiger partial charge is 0.383 e. The molecule has 2 aromatic rings. The molecule has 7 heteroatoms. The van der Waals surface area contributed by atoms with Gasteiger partial charge < -0.3 is 9.64 Å². The van der Waals surface area contributed by atoms with E-state index >= 15 is 0 Å². The Morgan fingerprint density at radius 1 is 1.17 bits per heavy atom. The van der Waals surface area contributed by atoms with Crippen molar-refractivity contribution in [3.63, 3.8) is 0 Å². The van der Waals surface area contributed by atoms with E-state index in [0.29, 0.717) is 11.4 Å². The standard InChI is InChI=1S/C17H21ClN4O2/c1-24-12-11-20-7-9-21(10-8-20)15-13-19-22(17(23)16(15)18)14-5-3-2-4-6-14/h2-6,13H,7-12H2,1H3. The second-order valence-corrected chi connectivity index (χ2v) is 6.10. The van der Waals surface area contributed by atoms with Crippen LogP contribution >= 0.6 is 11.6 Å². The first-order valence-electron chi connectivity index (χ1n) is 8.00. The molecule has 0 aliphatic carbocycles. The molecule has 3 rings (SSSR count). The van der Waals surface area contributed by atoms with Gasteiger partial charge in [0.2, 0.25) is 0 Å². The number of hydrogen-bond donors (Lipinski definition) is 0. The van der Waals surface area contributed by atoms with E-state index in [9.17, 15) is 4.79 Å². The van der Waals surface area contributed by atoms with Crippen molar-refractivity contribution in [2.24, 2.45) is 0 Å². The molecule has 0 spiro atoms. The summed E-state index contributed by atoms with van der Waals surface area (Å²) in [6, 6.07) is 9.29. The van der Waals surface area contributed by atoms with Crippen molar-refractivity contribution >= 4 is 17.3 Å². The fourth-order valence-corrected chi connectivity index (χ4v) is 3.08. The zero-order chi connectivity index (χ0) is 16.9. The molecule has 24 heavy (non-hydrogen) atoms. The minimum Gasteiger partial charge on any atom is -0.383 e. The predicted octanol–water partition coefficient (Wildman–Crippen LogP) is 1.65. The van der Waals surface area contributed by atoms with E-state index in [2.05, 4.69) is 14.9 Å². The lowest BCUT2D eigenvalue weighted by Gasteiger charge is -2.36. The maximum atomic E-state index is 12.6. The Labute approximate surface area is 146 Å². The van der Waals surface area contributed by atoms with Crippen molar-refractivity contribution in [1.82, 2.24) is 14.7 Å². The fourth-order valence-electron chi connectivity index (χ4n) is 2.83. The smallest absolute Gasteiger partial charge is 0.292 e. The van der Waals surface area contributed by atoms with Crippen LogP contribution in [0.1, 0.15) is 0 Å². The number of piperazine rings is 1. The third kappa shape index (κ3) is 3.61. The average molecular weight is 349 g/mol. The highest BCUT2D eigenvalue weighted by Gasteiger charge is 2.21. The molecule has 128 valence electrons. The molecule has 1 saturated heterocycles. The van der Waals surface area contributed by atoms with Crippen LogP contribution in [-0.2, 0) is 4.74 Å². The first-order valence-corrected chi connectivity index (χ1v) is 8.38. The minimum atomic E-state index is -0.290. The van der Waals surface area contributed by atoms with Crippen LogP contribution in [0.4, 0.5) is 5.69 Å². The topological polar surface area (TPSA) is 50.6 Å². The van der Waals surface area contributed by atoms with Crippen molar-refractivity contribution in [1.29, 1.82) is 0 Å². The molecule has 1 aromatic carbocycles. The van der Waals surface area contributed by atoms with Gasteiger partial charge in [0, 0.05) is 39.8 Å². The fraction of sp³-hybridized carbons (Fsp3) is 0.412. The number of halogens is 1. The van der Waals surface area contributed by atoms with Crippen LogP contribution in [-0.4, -0.2) is 61.1 Å². The van der Waals surface area contributed by atoms with Crippen molar-refractivity contribution in [3.05, 3.63) is 51.9 Å². The number of hydrogen-bond acceptors (Lipinski definition) is 5. The zero-order valence-electron chi connectivity index (χ0n) is 13.7.